The lowest BCUT2D eigenvalue weighted by Crippen LogP contribution is -2.34. The Morgan fingerprint density at radius 1 is 1.41 bits per heavy atom. The van der Waals surface area contributed by atoms with Gasteiger partial charge in [-0.3, -0.25) is 0 Å². The van der Waals surface area contributed by atoms with Crippen LogP contribution in [0.15, 0.2) is 35.5 Å². The van der Waals surface area contributed by atoms with E-state index in [1.165, 1.54) is 6.08 Å². The lowest BCUT2D eigenvalue weighted by atomic mass is 9.83. The molecule has 4 atom stereocenters. The van der Waals surface area contributed by atoms with Crippen molar-refractivity contribution in [1.29, 1.82) is 0 Å². The number of aliphatic hydroxyl groups excluding tert-OH is 3. The maximum Gasteiger partial charge on any atom is 0.336 e. The number of esters is 2. The summed E-state index contributed by atoms with van der Waals surface area (Å²) in [6.07, 6.45) is 4.60. The molecule has 0 spiro atoms. The summed E-state index contributed by atoms with van der Waals surface area (Å²) in [7, 11) is 0. The Balaban J connectivity index is 2.39. The monoisotopic (exact) mass is 380 g/mol. The fourth-order valence-electron chi connectivity index (χ4n) is 3.62. The second-order valence-corrected chi connectivity index (χ2v) is 7.15. The second kappa shape index (κ2) is 9.82. The maximum atomic E-state index is 12.4. The number of aliphatic hydroxyl groups is 3. The van der Waals surface area contributed by atoms with Gasteiger partial charge in [-0.25, -0.2) is 9.59 Å². The Hall–Kier alpha value is -1.96. The number of carbonyl (C=O) groups is 2. The van der Waals surface area contributed by atoms with Crippen molar-refractivity contribution in [2.45, 2.75) is 44.8 Å². The zero-order chi connectivity index (χ0) is 20.0. The third kappa shape index (κ3) is 5.28. The van der Waals surface area contributed by atoms with E-state index in [1.807, 2.05) is 0 Å². The molecule has 1 saturated heterocycles. The van der Waals surface area contributed by atoms with Gasteiger partial charge in [-0.05, 0) is 42.9 Å². The minimum atomic E-state index is -0.859. The van der Waals surface area contributed by atoms with Crippen LogP contribution in [0.25, 0.3) is 0 Å². The van der Waals surface area contributed by atoms with E-state index in [4.69, 9.17) is 14.6 Å². The van der Waals surface area contributed by atoms with Gasteiger partial charge in [-0.15, -0.1) is 0 Å². The first kappa shape index (κ1) is 21.3. The van der Waals surface area contributed by atoms with E-state index in [-0.39, 0.29) is 17.8 Å². The quantitative estimate of drug-likeness (QED) is 0.371. The Bertz CT molecular complexity index is 634. The Morgan fingerprint density at radius 3 is 2.78 bits per heavy atom. The Kier molecular flexibility index (Phi) is 7.77. The summed E-state index contributed by atoms with van der Waals surface area (Å²) in [5.41, 5.74) is 0.870. The van der Waals surface area contributed by atoms with E-state index in [2.05, 4.69) is 13.5 Å². The zero-order valence-corrected chi connectivity index (χ0v) is 15.6. The largest absolute Gasteiger partial charge is 0.458 e. The molecule has 0 amide bonds. The predicted molar refractivity (Wildman–Crippen MR) is 97.4 cm³/mol. The van der Waals surface area contributed by atoms with Crippen LogP contribution in [-0.2, 0) is 19.1 Å². The lowest BCUT2D eigenvalue weighted by molar-refractivity contribution is -0.146. The fraction of sp³-hybridized carbons (Fsp3) is 0.600. The standard InChI is InChI=1S/C20H28O7/c1-12-4-3-5-14(10-22)9-17(27-20(25)15(11-23)6-7-21)18-13(2)19(24)26-16(18)8-12/h6,9,12,16-18,21-23H,2-5,7-8,10-11H2,1H3/b14-9+,15-6-/t12-,16+,17+,18-/m0/s1. The number of carbonyl (C=O) groups excluding carboxylic acids is 2. The highest BCUT2D eigenvalue weighted by atomic mass is 16.6. The third-order valence-corrected chi connectivity index (χ3v) is 5.12. The van der Waals surface area contributed by atoms with Gasteiger partial charge < -0.3 is 24.8 Å². The van der Waals surface area contributed by atoms with E-state index in [1.54, 1.807) is 6.08 Å². The van der Waals surface area contributed by atoms with Gasteiger partial charge in [0.05, 0.1) is 31.3 Å². The van der Waals surface area contributed by atoms with Crippen LogP contribution in [0.3, 0.4) is 0 Å². The molecule has 0 aromatic heterocycles. The predicted octanol–water partition coefficient (Wildman–Crippen LogP) is 1.04. The first-order valence-electron chi connectivity index (χ1n) is 9.23. The molecule has 1 aliphatic carbocycles. The molecule has 0 aromatic carbocycles. The smallest absolute Gasteiger partial charge is 0.336 e. The van der Waals surface area contributed by atoms with Gasteiger partial charge in [-0.2, -0.15) is 0 Å². The van der Waals surface area contributed by atoms with Crippen LogP contribution in [0, 0.1) is 11.8 Å². The Morgan fingerprint density at radius 2 is 2.15 bits per heavy atom. The molecule has 0 bridgehead atoms. The first-order chi connectivity index (χ1) is 12.9. The summed E-state index contributed by atoms with van der Waals surface area (Å²) in [4.78, 5) is 24.5. The van der Waals surface area contributed by atoms with Gasteiger partial charge >= 0.3 is 11.9 Å². The van der Waals surface area contributed by atoms with E-state index < -0.39 is 43.3 Å². The van der Waals surface area contributed by atoms with E-state index >= 15 is 0 Å². The van der Waals surface area contributed by atoms with E-state index in [0.29, 0.717) is 24.3 Å². The van der Waals surface area contributed by atoms with Crippen molar-refractivity contribution in [3.05, 3.63) is 35.5 Å². The average molecular weight is 380 g/mol. The fourth-order valence-corrected chi connectivity index (χ4v) is 3.62. The highest BCUT2D eigenvalue weighted by Gasteiger charge is 2.45. The van der Waals surface area contributed by atoms with Crippen molar-refractivity contribution in [1.82, 2.24) is 0 Å². The number of hydrogen-bond donors (Lipinski definition) is 3. The minimum absolute atomic E-state index is 0.0747. The van der Waals surface area contributed by atoms with Crippen LogP contribution in [0.1, 0.15) is 32.6 Å². The average Bonchev–Trinajstić information content (AvgIpc) is 2.91. The van der Waals surface area contributed by atoms with Gasteiger partial charge in [0.25, 0.3) is 0 Å². The van der Waals surface area contributed by atoms with Gasteiger partial charge in [0.1, 0.15) is 12.2 Å². The first-order valence-corrected chi connectivity index (χ1v) is 9.23. The molecule has 0 radical (unpaired) electrons. The summed E-state index contributed by atoms with van der Waals surface area (Å²) < 4.78 is 11.0. The van der Waals surface area contributed by atoms with Crippen LogP contribution in [-0.4, -0.2) is 59.3 Å². The van der Waals surface area contributed by atoms with Crippen molar-refractivity contribution in [3.63, 3.8) is 0 Å². The van der Waals surface area contributed by atoms with Gasteiger partial charge in [0, 0.05) is 5.57 Å². The van der Waals surface area contributed by atoms with Crippen molar-refractivity contribution >= 4 is 11.9 Å². The van der Waals surface area contributed by atoms with Crippen molar-refractivity contribution in [2.24, 2.45) is 11.8 Å². The van der Waals surface area contributed by atoms with Gasteiger partial charge in [-0.1, -0.05) is 19.9 Å². The van der Waals surface area contributed by atoms with Crippen LogP contribution in [0.5, 0.6) is 0 Å². The summed E-state index contributed by atoms with van der Waals surface area (Å²) >= 11 is 0. The number of hydrogen-bond acceptors (Lipinski definition) is 7. The molecular formula is C20H28O7. The zero-order valence-electron chi connectivity index (χ0n) is 15.6. The second-order valence-electron chi connectivity index (χ2n) is 7.15. The van der Waals surface area contributed by atoms with Gasteiger partial charge in [0.2, 0.25) is 0 Å². The molecule has 1 heterocycles. The number of ether oxygens (including phenoxy) is 2. The molecule has 2 rings (SSSR count). The molecular weight excluding hydrogens is 352 g/mol. The van der Waals surface area contributed by atoms with Gasteiger partial charge in [0.15, 0.2) is 0 Å². The van der Waals surface area contributed by atoms with Crippen LogP contribution >= 0.6 is 0 Å². The summed E-state index contributed by atoms with van der Waals surface area (Å²) in [6.45, 7) is 4.72. The molecule has 150 valence electrons. The molecule has 7 nitrogen and oxygen atoms in total. The molecule has 3 N–H and O–H groups in total. The molecule has 1 fully saturated rings. The molecule has 0 aromatic rings. The lowest BCUT2D eigenvalue weighted by Gasteiger charge is -2.28. The molecule has 27 heavy (non-hydrogen) atoms. The summed E-state index contributed by atoms with van der Waals surface area (Å²) in [5.74, 6) is -1.56. The normalized spacial score (nSPS) is 31.6. The van der Waals surface area contributed by atoms with Crippen LogP contribution in [0.4, 0.5) is 0 Å². The minimum Gasteiger partial charge on any atom is -0.458 e. The van der Waals surface area contributed by atoms with E-state index in [9.17, 15) is 19.8 Å². The van der Waals surface area contributed by atoms with Crippen molar-refractivity contribution < 1.29 is 34.4 Å². The SMILES string of the molecule is C=C1C(=O)O[C@@H]2C[C@@H](C)CCC/C(CO)=C\[C@@H](OC(=O)/C(=C\CO)CO)[C@@H]12. The highest BCUT2D eigenvalue weighted by molar-refractivity contribution is 5.92. The Labute approximate surface area is 159 Å². The molecule has 0 unspecified atom stereocenters. The molecule has 1 aliphatic heterocycles. The van der Waals surface area contributed by atoms with Crippen LogP contribution in [0.2, 0.25) is 0 Å². The molecule has 2 aliphatic rings. The van der Waals surface area contributed by atoms with Crippen LogP contribution < -0.4 is 0 Å². The summed E-state index contributed by atoms with van der Waals surface area (Å²) in [6, 6.07) is 0. The third-order valence-electron chi connectivity index (χ3n) is 5.12. The highest BCUT2D eigenvalue weighted by Crippen LogP contribution is 2.37. The molecule has 0 saturated carbocycles. The van der Waals surface area contributed by atoms with Crippen molar-refractivity contribution in [3.8, 4) is 0 Å². The van der Waals surface area contributed by atoms with Crippen molar-refractivity contribution in [2.75, 3.05) is 19.8 Å². The van der Waals surface area contributed by atoms with E-state index in [0.717, 1.165) is 12.8 Å². The number of fused-ring (bicyclic) bond motifs is 1. The molecule has 7 heteroatoms. The maximum absolute atomic E-state index is 12.4. The topological polar surface area (TPSA) is 113 Å². The summed E-state index contributed by atoms with van der Waals surface area (Å²) in [5, 5.41) is 28.0. The number of rotatable bonds is 5.